The van der Waals surface area contributed by atoms with Crippen molar-refractivity contribution in [2.75, 3.05) is 0 Å². The second-order valence-corrected chi connectivity index (χ2v) is 7.16. The first kappa shape index (κ1) is 14.5. The molecule has 0 amide bonds. The number of halogens is 2. The molecule has 0 bridgehead atoms. The van der Waals surface area contributed by atoms with E-state index in [1.807, 2.05) is 0 Å². The van der Waals surface area contributed by atoms with E-state index in [9.17, 15) is 0 Å². The minimum Gasteiger partial charge on any atom is -0.307 e. The van der Waals surface area contributed by atoms with Gasteiger partial charge in [-0.3, -0.25) is 0 Å². The van der Waals surface area contributed by atoms with E-state index in [0.29, 0.717) is 12.1 Å². The Bertz CT molecular complexity index is 399. The topological polar surface area (TPSA) is 12.0 Å². The Hall–Kier alpha value is 0.140. The summed E-state index contributed by atoms with van der Waals surface area (Å²) in [6, 6.07) is 7.42. The third-order valence-corrected chi connectivity index (χ3v) is 5.23. The average molecular weight is 375 g/mol. The SMILES string of the molecule is CC(N[C@@H](C)C1CCCC1)c1ccc(Br)cc1Br. The zero-order valence-corrected chi connectivity index (χ0v) is 14.2. The molecule has 1 aliphatic carbocycles. The lowest BCUT2D eigenvalue weighted by Crippen LogP contribution is -2.34. The van der Waals surface area contributed by atoms with Gasteiger partial charge in [0.2, 0.25) is 0 Å². The van der Waals surface area contributed by atoms with Gasteiger partial charge < -0.3 is 5.32 Å². The smallest absolute Gasteiger partial charge is 0.0305 e. The van der Waals surface area contributed by atoms with Crippen molar-refractivity contribution in [1.82, 2.24) is 5.32 Å². The first-order chi connectivity index (χ1) is 8.58. The Labute approximate surface area is 127 Å². The molecular weight excluding hydrogens is 354 g/mol. The molecule has 2 atom stereocenters. The predicted molar refractivity (Wildman–Crippen MR) is 84.8 cm³/mol. The quantitative estimate of drug-likeness (QED) is 0.739. The number of nitrogens with one attached hydrogen (secondary N) is 1. The first-order valence-electron chi connectivity index (χ1n) is 6.79. The van der Waals surface area contributed by atoms with E-state index < -0.39 is 0 Å². The Morgan fingerprint density at radius 1 is 1.17 bits per heavy atom. The molecule has 0 saturated heterocycles. The van der Waals surface area contributed by atoms with Gasteiger partial charge in [0.15, 0.2) is 0 Å². The maximum Gasteiger partial charge on any atom is 0.0305 e. The van der Waals surface area contributed by atoms with Gasteiger partial charge in [0.1, 0.15) is 0 Å². The minimum atomic E-state index is 0.392. The van der Waals surface area contributed by atoms with Crippen molar-refractivity contribution in [1.29, 1.82) is 0 Å². The van der Waals surface area contributed by atoms with Gasteiger partial charge in [-0.25, -0.2) is 0 Å². The summed E-state index contributed by atoms with van der Waals surface area (Å²) >= 11 is 7.15. The molecule has 0 spiro atoms. The standard InChI is InChI=1S/C15H21Br2N/c1-10(12-5-3-4-6-12)18-11(2)14-8-7-13(16)9-15(14)17/h7-12,18H,3-6H2,1-2H3/t10-,11?/m0/s1. The summed E-state index contributed by atoms with van der Waals surface area (Å²) in [5.41, 5.74) is 1.34. The van der Waals surface area contributed by atoms with Crippen LogP contribution < -0.4 is 5.32 Å². The molecule has 1 nitrogen and oxygen atoms in total. The fraction of sp³-hybridized carbons (Fsp3) is 0.600. The number of hydrogen-bond acceptors (Lipinski definition) is 1. The van der Waals surface area contributed by atoms with E-state index >= 15 is 0 Å². The number of rotatable bonds is 4. The molecule has 1 aromatic carbocycles. The summed E-state index contributed by atoms with van der Waals surface area (Å²) in [7, 11) is 0. The lowest BCUT2D eigenvalue weighted by Gasteiger charge is -2.25. The Balaban J connectivity index is 2.00. The third-order valence-electron chi connectivity index (χ3n) is 4.05. The number of benzene rings is 1. The molecule has 1 unspecified atom stereocenters. The predicted octanol–water partition coefficient (Wildman–Crippen LogP) is 5.44. The van der Waals surface area contributed by atoms with Crippen molar-refractivity contribution >= 4 is 31.9 Å². The Morgan fingerprint density at radius 3 is 2.44 bits per heavy atom. The number of hydrogen-bond donors (Lipinski definition) is 1. The van der Waals surface area contributed by atoms with Gasteiger partial charge in [-0.1, -0.05) is 50.8 Å². The fourth-order valence-electron chi connectivity index (χ4n) is 2.93. The lowest BCUT2D eigenvalue weighted by molar-refractivity contribution is 0.352. The molecule has 1 aromatic rings. The highest BCUT2D eigenvalue weighted by molar-refractivity contribution is 9.11. The second kappa shape index (κ2) is 6.53. The molecule has 2 rings (SSSR count). The summed E-state index contributed by atoms with van der Waals surface area (Å²) in [4.78, 5) is 0. The molecule has 3 heteroatoms. The molecule has 100 valence electrons. The van der Waals surface area contributed by atoms with Crippen LogP contribution in [0.2, 0.25) is 0 Å². The average Bonchev–Trinajstić information content (AvgIpc) is 2.81. The zero-order chi connectivity index (χ0) is 13.1. The highest BCUT2D eigenvalue weighted by Crippen LogP contribution is 2.31. The van der Waals surface area contributed by atoms with E-state index in [1.165, 1.54) is 35.7 Å². The third kappa shape index (κ3) is 3.58. The van der Waals surface area contributed by atoms with Crippen LogP contribution in [0.15, 0.2) is 27.1 Å². The molecule has 1 fully saturated rings. The van der Waals surface area contributed by atoms with E-state index in [1.54, 1.807) is 0 Å². The van der Waals surface area contributed by atoms with Crippen molar-refractivity contribution in [2.45, 2.75) is 51.6 Å². The molecule has 1 N–H and O–H groups in total. The molecule has 0 aliphatic heterocycles. The monoisotopic (exact) mass is 373 g/mol. The molecule has 18 heavy (non-hydrogen) atoms. The largest absolute Gasteiger partial charge is 0.307 e. The van der Waals surface area contributed by atoms with Gasteiger partial charge >= 0.3 is 0 Å². The van der Waals surface area contributed by atoms with Crippen LogP contribution in [0, 0.1) is 5.92 Å². The normalized spacial score (nSPS) is 20.0. The van der Waals surface area contributed by atoms with Crippen LogP contribution in [0.4, 0.5) is 0 Å². The van der Waals surface area contributed by atoms with Crippen LogP contribution in [0.5, 0.6) is 0 Å². The molecule has 0 radical (unpaired) electrons. The Kier molecular flexibility index (Phi) is 5.28. The van der Waals surface area contributed by atoms with Gasteiger partial charge in [-0.05, 0) is 50.3 Å². The summed E-state index contributed by atoms with van der Waals surface area (Å²) in [5, 5.41) is 3.75. The van der Waals surface area contributed by atoms with Crippen LogP contribution in [0.1, 0.15) is 51.1 Å². The van der Waals surface area contributed by atoms with Crippen LogP contribution in [0.25, 0.3) is 0 Å². The fourth-order valence-corrected chi connectivity index (χ4v) is 4.32. The van der Waals surface area contributed by atoms with Crippen molar-refractivity contribution in [2.24, 2.45) is 5.92 Å². The van der Waals surface area contributed by atoms with Crippen molar-refractivity contribution in [3.63, 3.8) is 0 Å². The van der Waals surface area contributed by atoms with Gasteiger partial charge in [0.05, 0.1) is 0 Å². The van der Waals surface area contributed by atoms with Crippen molar-refractivity contribution < 1.29 is 0 Å². The van der Waals surface area contributed by atoms with Crippen LogP contribution in [-0.2, 0) is 0 Å². The van der Waals surface area contributed by atoms with Gasteiger partial charge in [0.25, 0.3) is 0 Å². The zero-order valence-electron chi connectivity index (χ0n) is 11.0. The molecule has 1 saturated carbocycles. The van der Waals surface area contributed by atoms with Crippen molar-refractivity contribution in [3.05, 3.63) is 32.7 Å². The molecule has 0 heterocycles. The Morgan fingerprint density at radius 2 is 1.83 bits per heavy atom. The van der Waals surface area contributed by atoms with Crippen LogP contribution in [0.3, 0.4) is 0 Å². The van der Waals surface area contributed by atoms with E-state index in [2.05, 4.69) is 69.2 Å². The van der Waals surface area contributed by atoms with Gasteiger partial charge in [-0.2, -0.15) is 0 Å². The molecular formula is C15H21Br2N. The van der Waals surface area contributed by atoms with Gasteiger partial charge in [0, 0.05) is 21.0 Å². The summed E-state index contributed by atoms with van der Waals surface area (Å²) in [5.74, 6) is 0.863. The highest BCUT2D eigenvalue weighted by Gasteiger charge is 2.23. The highest BCUT2D eigenvalue weighted by atomic mass is 79.9. The van der Waals surface area contributed by atoms with E-state index in [-0.39, 0.29) is 0 Å². The van der Waals surface area contributed by atoms with Crippen molar-refractivity contribution in [3.8, 4) is 0 Å². The van der Waals surface area contributed by atoms with E-state index in [4.69, 9.17) is 0 Å². The maximum absolute atomic E-state index is 3.75. The van der Waals surface area contributed by atoms with Gasteiger partial charge in [-0.15, -0.1) is 0 Å². The second-order valence-electron chi connectivity index (χ2n) is 5.39. The summed E-state index contributed by atoms with van der Waals surface area (Å²) in [6.07, 6.45) is 5.60. The molecule has 1 aliphatic rings. The van der Waals surface area contributed by atoms with E-state index in [0.717, 1.165) is 10.4 Å². The van der Waals surface area contributed by atoms with Crippen LogP contribution in [-0.4, -0.2) is 6.04 Å². The lowest BCUT2D eigenvalue weighted by atomic mass is 9.98. The van der Waals surface area contributed by atoms with Crippen LogP contribution >= 0.6 is 31.9 Å². The summed E-state index contributed by atoms with van der Waals surface area (Å²) in [6.45, 7) is 4.58. The maximum atomic E-state index is 3.75. The summed E-state index contributed by atoms with van der Waals surface area (Å²) < 4.78 is 2.30. The minimum absolute atomic E-state index is 0.392. The molecule has 0 aromatic heterocycles. The first-order valence-corrected chi connectivity index (χ1v) is 8.37.